The number of hydrogen-bond acceptors (Lipinski definition) is 6. The van der Waals surface area contributed by atoms with Crippen molar-refractivity contribution in [1.82, 2.24) is 30.7 Å². The molecular formula is C22H23N7. The van der Waals surface area contributed by atoms with Crippen molar-refractivity contribution in [2.75, 3.05) is 24.5 Å². The van der Waals surface area contributed by atoms with Gasteiger partial charge in [0, 0.05) is 42.3 Å². The minimum absolute atomic E-state index is 0.384. The standard InChI is InChI=1S/C22H23N7/c1-15-19-12-17(7-8-20(19)27-26-15)22-25-21(13-24-28-22)29-10-9-23-18(14-29)11-16-5-3-2-4-6-16/h2-8,12-13,18,23H,9-11,14H2,1H3,(H,26,27). The maximum atomic E-state index is 4.82. The van der Waals surface area contributed by atoms with Gasteiger partial charge in [-0.25, -0.2) is 4.98 Å². The second-order valence-electron chi connectivity index (χ2n) is 7.51. The quantitative estimate of drug-likeness (QED) is 0.562. The number of nitrogens with one attached hydrogen (secondary N) is 2. The van der Waals surface area contributed by atoms with Crippen molar-refractivity contribution in [3.05, 3.63) is 66.0 Å². The average molecular weight is 385 g/mol. The van der Waals surface area contributed by atoms with Gasteiger partial charge in [-0.2, -0.15) is 10.2 Å². The number of benzene rings is 2. The van der Waals surface area contributed by atoms with Gasteiger partial charge in [0.05, 0.1) is 11.7 Å². The van der Waals surface area contributed by atoms with Gasteiger partial charge < -0.3 is 10.2 Å². The number of aromatic amines is 1. The topological polar surface area (TPSA) is 82.6 Å². The van der Waals surface area contributed by atoms with Crippen LogP contribution >= 0.6 is 0 Å². The van der Waals surface area contributed by atoms with Crippen molar-refractivity contribution >= 4 is 16.7 Å². The van der Waals surface area contributed by atoms with Crippen molar-refractivity contribution in [1.29, 1.82) is 0 Å². The van der Waals surface area contributed by atoms with Gasteiger partial charge in [0.1, 0.15) is 0 Å². The largest absolute Gasteiger partial charge is 0.352 e. The Balaban J connectivity index is 1.37. The number of H-pyrrole nitrogens is 1. The van der Waals surface area contributed by atoms with Crippen LogP contribution in [-0.2, 0) is 6.42 Å². The highest BCUT2D eigenvalue weighted by atomic mass is 15.3. The number of rotatable bonds is 4. The molecule has 0 radical (unpaired) electrons. The maximum Gasteiger partial charge on any atom is 0.183 e. The average Bonchev–Trinajstić information content (AvgIpc) is 3.15. The molecule has 4 aromatic rings. The molecule has 7 nitrogen and oxygen atoms in total. The number of aryl methyl sites for hydroxylation is 1. The van der Waals surface area contributed by atoms with E-state index in [1.807, 2.05) is 19.1 Å². The fraction of sp³-hybridized carbons (Fsp3) is 0.273. The van der Waals surface area contributed by atoms with E-state index in [2.05, 4.69) is 67.0 Å². The lowest BCUT2D eigenvalue weighted by molar-refractivity contribution is 0.452. The van der Waals surface area contributed by atoms with Crippen molar-refractivity contribution < 1.29 is 0 Å². The van der Waals surface area contributed by atoms with Crippen molar-refractivity contribution in [3.63, 3.8) is 0 Å². The summed E-state index contributed by atoms with van der Waals surface area (Å²) >= 11 is 0. The molecule has 2 aromatic heterocycles. The molecule has 1 aliphatic rings. The Labute approximate surface area is 169 Å². The Morgan fingerprint density at radius 2 is 2.03 bits per heavy atom. The summed E-state index contributed by atoms with van der Waals surface area (Å²) in [6.07, 6.45) is 2.76. The first-order valence-corrected chi connectivity index (χ1v) is 9.93. The Hall–Kier alpha value is -3.32. The lowest BCUT2D eigenvalue weighted by Gasteiger charge is -2.34. The first-order valence-electron chi connectivity index (χ1n) is 9.93. The van der Waals surface area contributed by atoms with Gasteiger partial charge in [-0.15, -0.1) is 5.10 Å². The molecular weight excluding hydrogens is 362 g/mol. The molecule has 1 saturated heterocycles. The highest BCUT2D eigenvalue weighted by molar-refractivity contribution is 5.85. The van der Waals surface area contributed by atoms with Crippen LogP contribution in [0.2, 0.25) is 0 Å². The van der Waals surface area contributed by atoms with E-state index in [4.69, 9.17) is 4.98 Å². The molecule has 1 aliphatic heterocycles. The highest BCUT2D eigenvalue weighted by Crippen LogP contribution is 2.24. The number of fused-ring (bicyclic) bond motifs is 1. The van der Waals surface area contributed by atoms with Crippen LogP contribution in [0.25, 0.3) is 22.3 Å². The zero-order valence-electron chi connectivity index (χ0n) is 16.3. The highest BCUT2D eigenvalue weighted by Gasteiger charge is 2.21. The number of nitrogens with zero attached hydrogens (tertiary/aromatic N) is 5. The first kappa shape index (κ1) is 17.8. The molecule has 2 aromatic carbocycles. The molecule has 0 amide bonds. The SMILES string of the molecule is Cc1[nH]nc2ccc(-c3nncc(N4CCNC(Cc5ccccc5)C4)n3)cc12. The summed E-state index contributed by atoms with van der Waals surface area (Å²) in [5.41, 5.74) is 4.28. The van der Waals surface area contributed by atoms with E-state index in [0.717, 1.165) is 54.0 Å². The van der Waals surface area contributed by atoms with Gasteiger partial charge in [-0.05, 0) is 37.1 Å². The van der Waals surface area contributed by atoms with E-state index in [-0.39, 0.29) is 0 Å². The van der Waals surface area contributed by atoms with E-state index in [9.17, 15) is 0 Å². The molecule has 3 heterocycles. The van der Waals surface area contributed by atoms with Gasteiger partial charge in [-0.1, -0.05) is 30.3 Å². The number of aromatic nitrogens is 5. The first-order chi connectivity index (χ1) is 14.3. The Bertz CT molecular complexity index is 1120. The van der Waals surface area contributed by atoms with Crippen LogP contribution < -0.4 is 10.2 Å². The molecule has 0 spiro atoms. The van der Waals surface area contributed by atoms with Crippen LogP contribution in [-0.4, -0.2) is 51.1 Å². The van der Waals surface area contributed by atoms with Gasteiger partial charge in [0.15, 0.2) is 11.6 Å². The zero-order chi connectivity index (χ0) is 19.6. The van der Waals surface area contributed by atoms with Crippen LogP contribution in [0.3, 0.4) is 0 Å². The van der Waals surface area contributed by atoms with Crippen LogP contribution in [0.1, 0.15) is 11.3 Å². The van der Waals surface area contributed by atoms with Crippen molar-refractivity contribution in [3.8, 4) is 11.4 Å². The fourth-order valence-corrected chi connectivity index (χ4v) is 3.92. The molecule has 1 unspecified atom stereocenters. The van der Waals surface area contributed by atoms with Gasteiger partial charge in [-0.3, -0.25) is 5.10 Å². The summed E-state index contributed by atoms with van der Waals surface area (Å²) in [4.78, 5) is 7.12. The van der Waals surface area contributed by atoms with Crippen molar-refractivity contribution in [2.24, 2.45) is 0 Å². The third kappa shape index (κ3) is 3.69. The summed E-state index contributed by atoms with van der Waals surface area (Å²) in [5, 5.41) is 20.5. The molecule has 1 atom stereocenters. The van der Waals surface area contributed by atoms with E-state index >= 15 is 0 Å². The molecule has 7 heteroatoms. The molecule has 0 saturated carbocycles. The minimum Gasteiger partial charge on any atom is -0.352 e. The fourth-order valence-electron chi connectivity index (χ4n) is 3.92. The summed E-state index contributed by atoms with van der Waals surface area (Å²) in [7, 11) is 0. The second-order valence-corrected chi connectivity index (χ2v) is 7.51. The lowest BCUT2D eigenvalue weighted by Crippen LogP contribution is -2.52. The van der Waals surface area contributed by atoms with Gasteiger partial charge in [0.25, 0.3) is 0 Å². The van der Waals surface area contributed by atoms with Crippen molar-refractivity contribution in [2.45, 2.75) is 19.4 Å². The third-order valence-corrected chi connectivity index (χ3v) is 5.45. The normalized spacial score (nSPS) is 17.0. The van der Waals surface area contributed by atoms with Gasteiger partial charge in [0.2, 0.25) is 0 Å². The number of hydrogen-bond donors (Lipinski definition) is 2. The van der Waals surface area contributed by atoms with E-state index in [0.29, 0.717) is 11.9 Å². The van der Waals surface area contributed by atoms with Crippen LogP contribution in [0.5, 0.6) is 0 Å². The summed E-state index contributed by atoms with van der Waals surface area (Å²) in [5.74, 6) is 1.52. The minimum atomic E-state index is 0.384. The Morgan fingerprint density at radius 3 is 2.93 bits per heavy atom. The Kier molecular flexibility index (Phi) is 4.65. The zero-order valence-corrected chi connectivity index (χ0v) is 16.3. The van der Waals surface area contributed by atoms with Gasteiger partial charge >= 0.3 is 0 Å². The monoisotopic (exact) mass is 385 g/mol. The predicted molar refractivity (Wildman–Crippen MR) is 114 cm³/mol. The summed E-state index contributed by atoms with van der Waals surface area (Å²) < 4.78 is 0. The molecule has 1 fully saturated rings. The van der Waals surface area contributed by atoms with Crippen LogP contribution in [0.4, 0.5) is 5.82 Å². The predicted octanol–water partition coefficient (Wildman–Crippen LogP) is 2.74. The maximum absolute atomic E-state index is 4.82. The molecule has 2 N–H and O–H groups in total. The summed E-state index contributed by atoms with van der Waals surface area (Å²) in [6, 6.07) is 17.0. The number of anilines is 1. The number of piperazine rings is 1. The van der Waals surface area contributed by atoms with E-state index in [1.165, 1.54) is 5.56 Å². The Morgan fingerprint density at radius 1 is 1.14 bits per heavy atom. The molecule has 0 bridgehead atoms. The molecule has 29 heavy (non-hydrogen) atoms. The lowest BCUT2D eigenvalue weighted by atomic mass is 10.0. The second kappa shape index (κ2) is 7.60. The molecule has 146 valence electrons. The van der Waals surface area contributed by atoms with Crippen LogP contribution in [0, 0.1) is 6.92 Å². The molecule has 0 aliphatic carbocycles. The van der Waals surface area contributed by atoms with E-state index < -0.39 is 0 Å². The third-order valence-electron chi connectivity index (χ3n) is 5.45. The molecule has 5 rings (SSSR count). The smallest absolute Gasteiger partial charge is 0.183 e. The summed E-state index contributed by atoms with van der Waals surface area (Å²) in [6.45, 7) is 4.75. The van der Waals surface area contributed by atoms with Crippen LogP contribution in [0.15, 0.2) is 54.7 Å². The van der Waals surface area contributed by atoms with E-state index in [1.54, 1.807) is 6.20 Å².